The van der Waals surface area contributed by atoms with Gasteiger partial charge in [0.05, 0.1) is 32.3 Å². The van der Waals surface area contributed by atoms with E-state index < -0.39 is 0 Å². The van der Waals surface area contributed by atoms with Gasteiger partial charge in [0.1, 0.15) is 17.6 Å². The molecule has 140 valence electrons. The molecule has 5 aliphatic rings. The molecule has 5 fully saturated rings. The molecular formula is C21H34NO3+. The first-order valence-corrected chi connectivity index (χ1v) is 10.6. The van der Waals surface area contributed by atoms with E-state index in [1.807, 2.05) is 0 Å². The van der Waals surface area contributed by atoms with Gasteiger partial charge in [-0.2, -0.15) is 0 Å². The fourth-order valence-electron chi connectivity index (χ4n) is 7.19. The first kappa shape index (κ1) is 16.6. The fourth-order valence-corrected chi connectivity index (χ4v) is 7.19. The SMILES string of the molecule is C[C@@H]1CC[C@@H]2[C@@H](C[N+]3(C)CCCCC3)C(=O)O[C@@]23[C@H]2O[C@@]2(C)CC[C@@H]13. The smallest absolute Gasteiger partial charge is 0.315 e. The van der Waals surface area contributed by atoms with Gasteiger partial charge < -0.3 is 14.0 Å². The summed E-state index contributed by atoms with van der Waals surface area (Å²) in [5, 5.41) is 0. The molecular weight excluding hydrogens is 314 g/mol. The summed E-state index contributed by atoms with van der Waals surface area (Å²) >= 11 is 0. The molecule has 0 aromatic heterocycles. The van der Waals surface area contributed by atoms with E-state index in [1.54, 1.807) is 0 Å². The van der Waals surface area contributed by atoms with Crippen LogP contribution in [0.3, 0.4) is 0 Å². The number of hydrogen-bond donors (Lipinski definition) is 0. The minimum absolute atomic E-state index is 0.0232. The summed E-state index contributed by atoms with van der Waals surface area (Å²) in [7, 11) is 2.36. The molecule has 2 aliphatic carbocycles. The minimum Gasteiger partial charge on any atom is -0.455 e. The van der Waals surface area contributed by atoms with Crippen LogP contribution >= 0.6 is 0 Å². The average molecular weight is 349 g/mol. The Morgan fingerprint density at radius 1 is 1.12 bits per heavy atom. The van der Waals surface area contributed by atoms with Crippen LogP contribution in [0.2, 0.25) is 0 Å². The molecule has 0 bridgehead atoms. The molecule has 7 atom stereocenters. The molecule has 4 heteroatoms. The molecule has 3 aliphatic heterocycles. The second kappa shape index (κ2) is 5.22. The lowest BCUT2D eigenvalue weighted by molar-refractivity contribution is -0.916. The predicted molar refractivity (Wildman–Crippen MR) is 94.8 cm³/mol. The number of rotatable bonds is 2. The number of fused-ring (bicyclic) bond motifs is 1. The molecule has 3 saturated heterocycles. The number of ether oxygens (including phenoxy) is 2. The molecule has 0 aromatic carbocycles. The quantitative estimate of drug-likeness (QED) is 0.437. The maximum Gasteiger partial charge on any atom is 0.315 e. The van der Waals surface area contributed by atoms with E-state index in [4.69, 9.17) is 9.47 Å². The van der Waals surface area contributed by atoms with Crippen LogP contribution < -0.4 is 0 Å². The Kier molecular flexibility index (Phi) is 3.46. The van der Waals surface area contributed by atoms with E-state index in [0.29, 0.717) is 17.8 Å². The van der Waals surface area contributed by atoms with E-state index in [1.165, 1.54) is 38.8 Å². The van der Waals surface area contributed by atoms with E-state index in [9.17, 15) is 4.79 Å². The maximum atomic E-state index is 13.1. The van der Waals surface area contributed by atoms with Crippen molar-refractivity contribution in [1.29, 1.82) is 0 Å². The van der Waals surface area contributed by atoms with E-state index in [-0.39, 0.29) is 29.2 Å². The number of carbonyl (C=O) groups excluding carboxylic acids is 1. The van der Waals surface area contributed by atoms with E-state index >= 15 is 0 Å². The molecule has 4 nitrogen and oxygen atoms in total. The van der Waals surface area contributed by atoms with Crippen molar-refractivity contribution >= 4 is 5.97 Å². The molecule has 5 rings (SSSR count). The highest BCUT2D eigenvalue weighted by Crippen LogP contribution is 2.66. The van der Waals surface area contributed by atoms with Gasteiger partial charge in [-0.25, -0.2) is 0 Å². The summed E-state index contributed by atoms with van der Waals surface area (Å²) in [5.41, 5.74) is -0.327. The van der Waals surface area contributed by atoms with Crippen molar-refractivity contribution in [3.63, 3.8) is 0 Å². The third-order valence-corrected chi connectivity index (χ3v) is 8.62. The topological polar surface area (TPSA) is 38.8 Å². The highest BCUT2D eigenvalue weighted by molar-refractivity contribution is 5.77. The minimum atomic E-state index is -0.304. The van der Waals surface area contributed by atoms with Crippen molar-refractivity contribution in [1.82, 2.24) is 0 Å². The number of piperidine rings is 1. The van der Waals surface area contributed by atoms with Crippen LogP contribution in [0.4, 0.5) is 0 Å². The van der Waals surface area contributed by atoms with Crippen molar-refractivity contribution in [2.24, 2.45) is 23.7 Å². The number of likely N-dealkylation sites (tertiary alicyclic amines) is 1. The van der Waals surface area contributed by atoms with Crippen LogP contribution in [-0.4, -0.2) is 54.4 Å². The summed E-state index contributed by atoms with van der Waals surface area (Å²) in [6.45, 7) is 8.03. The second-order valence-corrected chi connectivity index (χ2v) is 10.3. The van der Waals surface area contributed by atoms with Gasteiger partial charge in [-0.1, -0.05) is 6.92 Å². The van der Waals surface area contributed by atoms with Gasteiger partial charge in [-0.15, -0.1) is 0 Å². The predicted octanol–water partition coefficient (Wildman–Crippen LogP) is 3.14. The van der Waals surface area contributed by atoms with Gasteiger partial charge in [0.2, 0.25) is 0 Å². The van der Waals surface area contributed by atoms with Crippen LogP contribution in [0.1, 0.15) is 58.8 Å². The van der Waals surface area contributed by atoms with Crippen molar-refractivity contribution in [3.05, 3.63) is 0 Å². The first-order chi connectivity index (χ1) is 11.9. The molecule has 25 heavy (non-hydrogen) atoms. The van der Waals surface area contributed by atoms with Crippen molar-refractivity contribution in [3.8, 4) is 0 Å². The van der Waals surface area contributed by atoms with E-state index in [2.05, 4.69) is 20.9 Å². The molecule has 0 radical (unpaired) electrons. The van der Waals surface area contributed by atoms with E-state index in [0.717, 1.165) is 30.3 Å². The Labute approximate surface area is 151 Å². The molecule has 3 heterocycles. The molecule has 1 spiro atoms. The summed E-state index contributed by atoms with van der Waals surface area (Å²) < 4.78 is 13.7. The molecule has 0 amide bonds. The summed E-state index contributed by atoms with van der Waals surface area (Å²) in [6, 6.07) is 0. The zero-order valence-corrected chi connectivity index (χ0v) is 16.1. The maximum absolute atomic E-state index is 13.1. The average Bonchev–Trinajstić information content (AvgIpc) is 3.20. The van der Waals surface area contributed by atoms with Crippen LogP contribution in [0.25, 0.3) is 0 Å². The third kappa shape index (κ3) is 2.22. The Bertz CT molecular complexity index is 586. The highest BCUT2D eigenvalue weighted by Gasteiger charge is 2.77. The molecule has 0 N–H and O–H groups in total. The lowest BCUT2D eigenvalue weighted by Gasteiger charge is -2.50. The van der Waals surface area contributed by atoms with Crippen LogP contribution in [0.15, 0.2) is 0 Å². The Morgan fingerprint density at radius 3 is 2.64 bits per heavy atom. The van der Waals surface area contributed by atoms with Gasteiger partial charge in [-0.3, -0.25) is 4.79 Å². The van der Waals surface area contributed by atoms with Gasteiger partial charge in [0.15, 0.2) is 0 Å². The fraction of sp³-hybridized carbons (Fsp3) is 0.952. The van der Waals surface area contributed by atoms with Crippen molar-refractivity contribution in [2.45, 2.75) is 76.1 Å². The van der Waals surface area contributed by atoms with Crippen molar-refractivity contribution in [2.75, 3.05) is 26.7 Å². The normalized spacial score (nSPS) is 53.4. The van der Waals surface area contributed by atoms with Crippen LogP contribution in [-0.2, 0) is 14.3 Å². The number of nitrogens with zero attached hydrogens (tertiary/aromatic N) is 1. The van der Waals surface area contributed by atoms with Crippen LogP contribution in [0, 0.1) is 23.7 Å². The second-order valence-electron chi connectivity index (χ2n) is 10.3. The monoisotopic (exact) mass is 348 g/mol. The summed E-state index contributed by atoms with van der Waals surface area (Å²) in [4.78, 5) is 13.1. The van der Waals surface area contributed by atoms with Gasteiger partial charge in [0, 0.05) is 11.8 Å². The number of esters is 1. The Hall–Kier alpha value is -0.610. The Balaban J connectivity index is 1.47. The number of hydrogen-bond acceptors (Lipinski definition) is 3. The van der Waals surface area contributed by atoms with Gasteiger partial charge in [0.25, 0.3) is 0 Å². The Morgan fingerprint density at radius 2 is 1.88 bits per heavy atom. The standard InChI is InChI=1S/C21H34NO3/c1-14-7-8-17-15(13-22(3)11-5-4-6-12-22)18(23)24-21(17)16(14)9-10-20(2)19(21)25-20/h14-17,19H,4-13H2,1-3H3/q+1/t14-,15-,16+,17-,19+,20+,21-/m1/s1. The van der Waals surface area contributed by atoms with Gasteiger partial charge in [-0.05, 0) is 57.8 Å². The highest BCUT2D eigenvalue weighted by atomic mass is 16.7. The zero-order valence-electron chi connectivity index (χ0n) is 16.1. The molecule has 2 saturated carbocycles. The number of carbonyl (C=O) groups is 1. The third-order valence-electron chi connectivity index (χ3n) is 8.62. The summed E-state index contributed by atoms with van der Waals surface area (Å²) in [5.74, 6) is 1.72. The number of epoxide rings is 1. The number of quaternary nitrogens is 1. The summed E-state index contributed by atoms with van der Waals surface area (Å²) in [6.07, 6.45) is 8.81. The zero-order chi connectivity index (χ0) is 17.4. The van der Waals surface area contributed by atoms with Gasteiger partial charge >= 0.3 is 5.97 Å². The van der Waals surface area contributed by atoms with Crippen LogP contribution in [0.5, 0.6) is 0 Å². The molecule has 0 aromatic rings. The largest absolute Gasteiger partial charge is 0.455 e. The molecule has 0 unspecified atom stereocenters. The lowest BCUT2D eigenvalue weighted by Crippen LogP contribution is -2.59. The lowest BCUT2D eigenvalue weighted by atomic mass is 9.55. The first-order valence-electron chi connectivity index (χ1n) is 10.6. The van der Waals surface area contributed by atoms with Crippen molar-refractivity contribution < 1.29 is 18.8 Å².